The first-order chi connectivity index (χ1) is 9.33. The molecule has 0 spiro atoms. The molecule has 1 aromatic rings. The molecule has 1 atom stereocenters. The highest BCUT2D eigenvalue weighted by Gasteiger charge is 2.17. The van der Waals surface area contributed by atoms with Crippen molar-refractivity contribution in [3.05, 3.63) is 29.8 Å². The van der Waals surface area contributed by atoms with Crippen LogP contribution in [0.3, 0.4) is 0 Å². The lowest BCUT2D eigenvalue weighted by molar-refractivity contribution is 0.340. The van der Waals surface area contributed by atoms with Gasteiger partial charge in [-0.05, 0) is 50.4 Å². The number of ether oxygens (including phenoxy) is 1. The summed E-state index contributed by atoms with van der Waals surface area (Å²) in [4.78, 5) is 0. The Balaban J connectivity index is 1.88. The van der Waals surface area contributed by atoms with Crippen molar-refractivity contribution in [2.75, 3.05) is 13.7 Å². The minimum Gasteiger partial charge on any atom is -0.494 e. The minimum absolute atomic E-state index is 0.483. The van der Waals surface area contributed by atoms with Crippen molar-refractivity contribution in [3.8, 4) is 5.75 Å². The van der Waals surface area contributed by atoms with Crippen LogP contribution in [-0.2, 0) is 0 Å². The maximum atomic E-state index is 5.50. The van der Waals surface area contributed by atoms with Crippen molar-refractivity contribution in [1.29, 1.82) is 0 Å². The first kappa shape index (κ1) is 14.4. The monoisotopic (exact) mass is 261 g/mol. The Morgan fingerprint density at radius 1 is 1.21 bits per heavy atom. The topological polar surface area (TPSA) is 21.3 Å². The van der Waals surface area contributed by atoms with E-state index >= 15 is 0 Å². The normalized spacial score (nSPS) is 17.6. The third kappa shape index (κ3) is 4.24. The van der Waals surface area contributed by atoms with Gasteiger partial charge in [-0.1, -0.05) is 37.8 Å². The summed E-state index contributed by atoms with van der Waals surface area (Å²) in [5.41, 5.74) is 1.38. The van der Waals surface area contributed by atoms with E-state index in [-0.39, 0.29) is 0 Å². The molecule has 1 aliphatic carbocycles. The third-order valence-corrected chi connectivity index (χ3v) is 4.28. The van der Waals surface area contributed by atoms with Crippen LogP contribution in [0.5, 0.6) is 5.75 Å². The fourth-order valence-corrected chi connectivity index (χ4v) is 3.14. The second-order valence-corrected chi connectivity index (χ2v) is 5.57. The van der Waals surface area contributed by atoms with E-state index in [0.717, 1.165) is 18.3 Å². The molecule has 2 heteroatoms. The Bertz CT molecular complexity index is 354. The Morgan fingerprint density at radius 3 is 2.47 bits per heavy atom. The van der Waals surface area contributed by atoms with Crippen molar-refractivity contribution in [2.45, 2.75) is 51.5 Å². The molecule has 1 unspecified atom stereocenters. The lowest BCUT2D eigenvalue weighted by Gasteiger charge is -2.19. The zero-order valence-electron chi connectivity index (χ0n) is 12.3. The van der Waals surface area contributed by atoms with Crippen LogP contribution >= 0.6 is 0 Å². The predicted octanol–water partition coefficient (Wildman–Crippen LogP) is 4.32. The summed E-state index contributed by atoms with van der Waals surface area (Å²) in [5, 5.41) is 3.45. The molecule has 106 valence electrons. The fraction of sp³-hybridized carbons (Fsp3) is 0.647. The summed E-state index contributed by atoms with van der Waals surface area (Å²) >= 11 is 0. The summed E-state index contributed by atoms with van der Waals surface area (Å²) in [6.07, 6.45) is 8.38. The molecule has 0 heterocycles. The van der Waals surface area contributed by atoms with Gasteiger partial charge in [0.25, 0.3) is 0 Å². The molecule has 19 heavy (non-hydrogen) atoms. The van der Waals surface area contributed by atoms with Crippen LogP contribution in [0.2, 0.25) is 0 Å². The van der Waals surface area contributed by atoms with Gasteiger partial charge in [0.05, 0.1) is 6.61 Å². The summed E-state index contributed by atoms with van der Waals surface area (Å²) < 4.78 is 5.50. The molecule has 0 aliphatic heterocycles. The molecular weight excluding hydrogens is 234 g/mol. The molecule has 0 saturated heterocycles. The maximum Gasteiger partial charge on any atom is 0.119 e. The van der Waals surface area contributed by atoms with Crippen LogP contribution < -0.4 is 10.1 Å². The Morgan fingerprint density at radius 2 is 1.89 bits per heavy atom. The number of nitrogens with one attached hydrogen (secondary N) is 1. The second-order valence-electron chi connectivity index (χ2n) is 5.57. The van der Waals surface area contributed by atoms with Gasteiger partial charge in [0.2, 0.25) is 0 Å². The first-order valence-electron chi connectivity index (χ1n) is 7.73. The van der Waals surface area contributed by atoms with E-state index in [1.807, 2.05) is 6.92 Å². The highest BCUT2D eigenvalue weighted by atomic mass is 16.5. The molecule has 2 rings (SSSR count). The van der Waals surface area contributed by atoms with Crippen molar-refractivity contribution < 1.29 is 4.74 Å². The van der Waals surface area contributed by atoms with Gasteiger partial charge >= 0.3 is 0 Å². The molecule has 1 N–H and O–H groups in total. The predicted molar refractivity (Wildman–Crippen MR) is 80.6 cm³/mol. The van der Waals surface area contributed by atoms with E-state index in [4.69, 9.17) is 4.74 Å². The molecule has 0 aromatic heterocycles. The average Bonchev–Trinajstić information content (AvgIpc) is 2.95. The first-order valence-corrected chi connectivity index (χ1v) is 7.73. The van der Waals surface area contributed by atoms with Gasteiger partial charge in [-0.3, -0.25) is 0 Å². The molecule has 1 aliphatic rings. The van der Waals surface area contributed by atoms with Crippen molar-refractivity contribution in [2.24, 2.45) is 5.92 Å². The van der Waals surface area contributed by atoms with Gasteiger partial charge in [0.1, 0.15) is 5.75 Å². The standard InChI is InChI=1S/C17H27NO/c1-3-19-16-11-9-15(10-12-16)17(18-2)13-8-14-6-4-5-7-14/h9-12,14,17-18H,3-8,13H2,1-2H3. The summed E-state index contributed by atoms with van der Waals surface area (Å²) in [5.74, 6) is 1.94. The summed E-state index contributed by atoms with van der Waals surface area (Å²) in [6.45, 7) is 2.75. The van der Waals surface area contributed by atoms with E-state index in [2.05, 4.69) is 36.6 Å². The van der Waals surface area contributed by atoms with Crippen LogP contribution in [0.25, 0.3) is 0 Å². The number of hydrogen-bond donors (Lipinski definition) is 1. The molecule has 1 fully saturated rings. The van der Waals surface area contributed by atoms with E-state index < -0.39 is 0 Å². The largest absolute Gasteiger partial charge is 0.494 e. The quantitative estimate of drug-likeness (QED) is 0.789. The minimum atomic E-state index is 0.483. The zero-order valence-corrected chi connectivity index (χ0v) is 12.3. The van der Waals surface area contributed by atoms with Crippen LogP contribution in [0, 0.1) is 5.92 Å². The van der Waals surface area contributed by atoms with E-state index in [1.165, 1.54) is 44.1 Å². The molecule has 1 saturated carbocycles. The molecule has 0 radical (unpaired) electrons. The van der Waals surface area contributed by atoms with Crippen LogP contribution in [-0.4, -0.2) is 13.7 Å². The van der Waals surface area contributed by atoms with Crippen molar-refractivity contribution in [3.63, 3.8) is 0 Å². The Labute approximate surface area is 117 Å². The lowest BCUT2D eigenvalue weighted by Crippen LogP contribution is -2.17. The van der Waals surface area contributed by atoms with E-state index in [1.54, 1.807) is 0 Å². The maximum absolute atomic E-state index is 5.50. The second kappa shape index (κ2) is 7.54. The highest BCUT2D eigenvalue weighted by Crippen LogP contribution is 2.31. The number of hydrogen-bond acceptors (Lipinski definition) is 2. The number of benzene rings is 1. The SMILES string of the molecule is CCOc1ccc(C(CCC2CCCC2)NC)cc1. The van der Waals surface area contributed by atoms with Crippen LogP contribution in [0.1, 0.15) is 57.1 Å². The van der Waals surface area contributed by atoms with Gasteiger partial charge in [0.15, 0.2) is 0 Å². The zero-order chi connectivity index (χ0) is 13.5. The van der Waals surface area contributed by atoms with Gasteiger partial charge < -0.3 is 10.1 Å². The van der Waals surface area contributed by atoms with Crippen LogP contribution in [0.15, 0.2) is 24.3 Å². The third-order valence-electron chi connectivity index (χ3n) is 4.28. The van der Waals surface area contributed by atoms with Crippen LogP contribution in [0.4, 0.5) is 0 Å². The molecule has 0 bridgehead atoms. The van der Waals surface area contributed by atoms with Gasteiger partial charge in [-0.2, -0.15) is 0 Å². The lowest BCUT2D eigenvalue weighted by atomic mass is 9.95. The molecule has 1 aromatic carbocycles. The Kier molecular flexibility index (Phi) is 5.71. The Hall–Kier alpha value is -1.02. The van der Waals surface area contributed by atoms with Crippen molar-refractivity contribution in [1.82, 2.24) is 5.32 Å². The summed E-state index contributed by atoms with van der Waals surface area (Å²) in [7, 11) is 2.07. The van der Waals surface area contributed by atoms with Gasteiger partial charge in [-0.25, -0.2) is 0 Å². The van der Waals surface area contributed by atoms with E-state index in [0.29, 0.717) is 6.04 Å². The van der Waals surface area contributed by atoms with Gasteiger partial charge in [-0.15, -0.1) is 0 Å². The molecule has 0 amide bonds. The average molecular weight is 261 g/mol. The van der Waals surface area contributed by atoms with E-state index in [9.17, 15) is 0 Å². The molecular formula is C17H27NO. The van der Waals surface area contributed by atoms with Crippen molar-refractivity contribution >= 4 is 0 Å². The highest BCUT2D eigenvalue weighted by molar-refractivity contribution is 5.29. The van der Waals surface area contributed by atoms with Gasteiger partial charge in [0, 0.05) is 6.04 Å². The molecule has 2 nitrogen and oxygen atoms in total. The summed E-state index contributed by atoms with van der Waals surface area (Å²) in [6, 6.07) is 9.04. The fourth-order valence-electron chi connectivity index (χ4n) is 3.14. The number of rotatable bonds is 7. The smallest absolute Gasteiger partial charge is 0.119 e.